The second kappa shape index (κ2) is 67.9. The summed E-state index contributed by atoms with van der Waals surface area (Å²) in [5, 5.41) is 0. The summed E-state index contributed by atoms with van der Waals surface area (Å²) in [6, 6.07) is 0. The van der Waals surface area contributed by atoms with Crippen LogP contribution in [0.5, 0.6) is 0 Å². The molecule has 10 heteroatoms. The van der Waals surface area contributed by atoms with Gasteiger partial charge in [0.05, 0.1) is 26.1 Å². The van der Waals surface area contributed by atoms with Crippen molar-refractivity contribution in [3.8, 4) is 0 Å². The van der Waals surface area contributed by atoms with Crippen LogP contribution in [0, 0.1) is 0 Å². The van der Waals surface area contributed by atoms with E-state index in [0.717, 1.165) is 0 Å². The van der Waals surface area contributed by atoms with Gasteiger partial charge in [0, 0.05) is 0 Å². The van der Waals surface area contributed by atoms with Gasteiger partial charge in [-0.25, -0.2) is 0 Å². The molecule has 0 aromatic rings. The topological polar surface area (TPSA) is 120 Å². The van der Waals surface area contributed by atoms with Gasteiger partial charge in [-0.2, -0.15) is 0 Å². The Bertz CT molecular complexity index is 78.9. The van der Waals surface area contributed by atoms with Crippen LogP contribution in [-0.4, -0.2) is 17.4 Å². The molecular weight excluding hydrogens is 264 g/mol. The van der Waals surface area contributed by atoms with Gasteiger partial charge in [-0.05, 0) is 0 Å². The molecule has 0 aliphatic heterocycles. The quantitative estimate of drug-likeness (QED) is 0.493. The first-order chi connectivity index (χ1) is 6.16. The van der Waals surface area contributed by atoms with Crippen LogP contribution >= 0.6 is 26.1 Å². The van der Waals surface area contributed by atoms with Crippen molar-refractivity contribution < 1.29 is 28.4 Å². The van der Waals surface area contributed by atoms with E-state index in [4.69, 9.17) is 28.4 Å². The van der Waals surface area contributed by atoms with E-state index in [2.05, 4.69) is 13.8 Å². The fourth-order valence-electron chi connectivity index (χ4n) is 0. The fraction of sp³-hybridized carbons (Fsp3) is 1.00. The van der Waals surface area contributed by atoms with E-state index >= 15 is 0 Å². The van der Waals surface area contributed by atoms with E-state index in [1.807, 2.05) is 0 Å². The predicted octanol–water partition coefficient (Wildman–Crippen LogP) is 0.0858. The van der Waals surface area contributed by atoms with E-state index in [-0.39, 0.29) is 17.4 Å². The minimum atomic E-state index is -1.08. The van der Waals surface area contributed by atoms with Crippen LogP contribution in [0.1, 0.15) is 26.7 Å². The van der Waals surface area contributed by atoms with Gasteiger partial charge >= 0.3 is 17.4 Å². The van der Waals surface area contributed by atoms with E-state index < -0.39 is 26.1 Å². The molecule has 0 atom stereocenters. The Morgan fingerprint density at radius 3 is 0.857 bits per heavy atom. The smallest absolute Gasteiger partial charge is 0.772 e. The summed E-state index contributed by atoms with van der Waals surface area (Å²) < 4.78 is 25.0. The molecule has 6 nitrogen and oxygen atoms in total. The molecule has 80 valence electrons. The van der Waals surface area contributed by atoms with Gasteiger partial charge < -0.3 is 14.7 Å². The zero-order chi connectivity index (χ0) is 11.5. The van der Waals surface area contributed by atoms with Gasteiger partial charge in [-0.1, -0.05) is 26.7 Å². The van der Waals surface area contributed by atoms with Crippen molar-refractivity contribution in [3.05, 3.63) is 0 Å². The Kier molecular flexibility index (Phi) is 142. The van der Waals surface area contributed by atoms with Crippen molar-refractivity contribution >= 4 is 43.4 Å². The van der Waals surface area contributed by atoms with Gasteiger partial charge in [0.1, 0.15) is 0 Å². The third-order valence-corrected chi connectivity index (χ3v) is 0.500. The molecule has 0 aliphatic carbocycles. The van der Waals surface area contributed by atoms with Crippen LogP contribution in [0.25, 0.3) is 0 Å². The van der Waals surface area contributed by atoms with E-state index in [1.165, 1.54) is 12.8 Å². The van der Waals surface area contributed by atoms with Gasteiger partial charge in [0.15, 0.2) is 0 Å². The SMILES string of the molecule is CCCC.O=P[O-].O=P[O-].O=P[O-].[Al+3]. The minimum Gasteiger partial charge on any atom is -0.772 e. The monoisotopic (exact) mass is 274 g/mol. The Morgan fingerprint density at radius 2 is 0.857 bits per heavy atom. The molecule has 0 spiro atoms. The van der Waals surface area contributed by atoms with Gasteiger partial charge in [-0.3, -0.25) is 13.7 Å². The zero-order valence-electron chi connectivity index (χ0n) is 7.78. The Labute approximate surface area is 98.7 Å². The second-order valence-corrected chi connectivity index (χ2v) is 1.67. The first kappa shape index (κ1) is 29.3. The van der Waals surface area contributed by atoms with Crippen LogP contribution < -0.4 is 14.7 Å². The predicted molar refractivity (Wildman–Crippen MR) is 49.2 cm³/mol. The number of hydrogen-bond donors (Lipinski definition) is 0. The van der Waals surface area contributed by atoms with Crippen molar-refractivity contribution in [2.24, 2.45) is 0 Å². The summed E-state index contributed by atoms with van der Waals surface area (Å²) in [5.41, 5.74) is 0. The van der Waals surface area contributed by atoms with Gasteiger partial charge in [-0.15, -0.1) is 0 Å². The molecule has 0 amide bonds. The average molecular weight is 274 g/mol. The molecule has 0 aliphatic rings. The van der Waals surface area contributed by atoms with Crippen LogP contribution in [0.2, 0.25) is 0 Å². The minimum absolute atomic E-state index is 0. The van der Waals surface area contributed by atoms with Crippen molar-refractivity contribution in [1.29, 1.82) is 0 Å². The third kappa shape index (κ3) is 595. The molecule has 0 radical (unpaired) electrons. The Hall–Kier alpha value is 0.712. The zero-order valence-corrected chi connectivity index (χ0v) is 11.6. The maximum atomic E-state index is 8.35. The number of hydrogen-bond acceptors (Lipinski definition) is 6. The summed E-state index contributed by atoms with van der Waals surface area (Å²) in [4.78, 5) is 25.0. The molecule has 14 heavy (non-hydrogen) atoms. The Balaban J connectivity index is -0.0000000254. The van der Waals surface area contributed by atoms with Gasteiger partial charge in [0.25, 0.3) is 0 Å². The summed E-state index contributed by atoms with van der Waals surface area (Å²) in [7, 11) is -3.25. The van der Waals surface area contributed by atoms with E-state index in [0.29, 0.717) is 0 Å². The summed E-state index contributed by atoms with van der Waals surface area (Å²) >= 11 is 0. The summed E-state index contributed by atoms with van der Waals surface area (Å²) in [6.45, 7) is 4.36. The third-order valence-electron chi connectivity index (χ3n) is 0.500. The van der Waals surface area contributed by atoms with Crippen LogP contribution in [-0.2, 0) is 13.7 Å². The van der Waals surface area contributed by atoms with Crippen LogP contribution in [0.3, 0.4) is 0 Å². The molecule has 0 saturated heterocycles. The molecule has 0 fully saturated rings. The standard InChI is InChI=1S/C4H10.Al.3HO2P/c1-3-4-2;;3*1-3-2/h3-4H2,1-2H3;;3*(H,1,2)/q;+3;;;/p-3. The summed E-state index contributed by atoms with van der Waals surface area (Å²) in [6.07, 6.45) is 2.64. The number of rotatable bonds is 1. The van der Waals surface area contributed by atoms with Gasteiger partial charge in [0.2, 0.25) is 0 Å². The van der Waals surface area contributed by atoms with E-state index in [9.17, 15) is 0 Å². The summed E-state index contributed by atoms with van der Waals surface area (Å²) in [5.74, 6) is 0. The molecule has 0 heterocycles. The molecule has 0 aromatic carbocycles. The average Bonchev–Trinajstić information content (AvgIpc) is 2.08. The van der Waals surface area contributed by atoms with Crippen molar-refractivity contribution in [3.63, 3.8) is 0 Å². The Morgan fingerprint density at radius 1 is 0.786 bits per heavy atom. The molecule has 0 rings (SSSR count). The van der Waals surface area contributed by atoms with E-state index in [1.54, 1.807) is 0 Å². The molecular formula is C4H10AlO6P3. The second-order valence-electron chi connectivity index (χ2n) is 1.22. The van der Waals surface area contributed by atoms with Crippen molar-refractivity contribution in [2.75, 3.05) is 0 Å². The molecule has 0 aromatic heterocycles. The normalized spacial score (nSPS) is 6.64. The maximum Gasteiger partial charge on any atom is 3.00 e. The van der Waals surface area contributed by atoms with Crippen molar-refractivity contribution in [2.45, 2.75) is 26.7 Å². The maximum absolute atomic E-state index is 8.35. The first-order valence-electron chi connectivity index (χ1n) is 3.01. The molecule has 0 saturated carbocycles. The van der Waals surface area contributed by atoms with Crippen LogP contribution in [0.15, 0.2) is 0 Å². The van der Waals surface area contributed by atoms with Crippen molar-refractivity contribution in [1.82, 2.24) is 0 Å². The molecule has 0 bridgehead atoms. The first-order valence-corrected chi connectivity index (χ1v) is 5.20. The largest absolute Gasteiger partial charge is 3.00 e. The molecule has 0 unspecified atom stereocenters. The fourth-order valence-corrected chi connectivity index (χ4v) is 0. The van der Waals surface area contributed by atoms with Crippen LogP contribution in [0.4, 0.5) is 0 Å². The number of unbranched alkanes of at least 4 members (excludes halogenated alkanes) is 1. The molecule has 0 N–H and O–H groups in total.